The molecule has 0 saturated carbocycles. The Balaban J connectivity index is 0.797. The number of aliphatic hydroxyl groups is 2. The van der Waals surface area contributed by atoms with Crippen molar-refractivity contribution >= 4 is 6.03 Å². The van der Waals surface area contributed by atoms with Crippen LogP contribution in [0.5, 0.6) is 0 Å². The highest BCUT2D eigenvalue weighted by Gasteiger charge is 2.50. The molecule has 2 aliphatic carbocycles. The summed E-state index contributed by atoms with van der Waals surface area (Å²) in [6, 6.07) is 48.2. The van der Waals surface area contributed by atoms with Gasteiger partial charge in [-0.3, -0.25) is 0 Å². The van der Waals surface area contributed by atoms with Crippen molar-refractivity contribution in [3.63, 3.8) is 0 Å². The second-order valence-corrected chi connectivity index (χ2v) is 19.5. The van der Waals surface area contributed by atoms with Gasteiger partial charge in [-0.25, -0.2) is 4.79 Å². The molecular formula is C57H60N2O3. The van der Waals surface area contributed by atoms with E-state index in [1.54, 1.807) is 0 Å². The highest BCUT2D eigenvalue weighted by molar-refractivity contribution is 5.87. The van der Waals surface area contributed by atoms with Crippen molar-refractivity contribution in [1.82, 2.24) is 9.80 Å². The Kier molecular flexibility index (Phi) is 10.5. The van der Waals surface area contributed by atoms with E-state index in [1.165, 1.54) is 55.6 Å². The number of likely N-dealkylation sites (tertiary alicyclic amines) is 2. The number of carbonyl (C=O) groups excluding carboxylic acids is 1. The molecule has 2 saturated heterocycles. The Morgan fingerprint density at radius 3 is 1.19 bits per heavy atom. The lowest BCUT2D eigenvalue weighted by Crippen LogP contribution is -2.53. The lowest BCUT2D eigenvalue weighted by molar-refractivity contribution is -0.0199. The third kappa shape index (κ3) is 6.89. The fourth-order valence-corrected chi connectivity index (χ4v) is 11.8. The molecule has 316 valence electrons. The number of aliphatic hydroxyl groups excluding tert-OH is 2. The summed E-state index contributed by atoms with van der Waals surface area (Å²) < 4.78 is 0. The van der Waals surface area contributed by atoms with Gasteiger partial charge in [0.15, 0.2) is 0 Å². The van der Waals surface area contributed by atoms with E-state index in [-0.39, 0.29) is 16.9 Å². The van der Waals surface area contributed by atoms with Crippen LogP contribution in [-0.2, 0) is 12.8 Å². The molecule has 0 radical (unpaired) electrons. The van der Waals surface area contributed by atoms with Crippen LogP contribution in [0, 0.1) is 10.8 Å². The highest BCUT2D eigenvalue weighted by Crippen LogP contribution is 2.55. The van der Waals surface area contributed by atoms with E-state index < -0.39 is 12.2 Å². The van der Waals surface area contributed by atoms with Crippen LogP contribution in [0.2, 0.25) is 0 Å². The predicted molar refractivity (Wildman–Crippen MR) is 252 cm³/mol. The summed E-state index contributed by atoms with van der Waals surface area (Å²) in [5, 5.41) is 24.1. The molecule has 0 bridgehead atoms. The van der Waals surface area contributed by atoms with Gasteiger partial charge in [-0.05, 0) is 140 Å². The Hall–Kier alpha value is -5.49. The molecule has 2 spiro atoms. The molecule has 5 heteroatoms. The number of benzene rings is 6. The number of urea groups is 1. The highest BCUT2D eigenvalue weighted by atomic mass is 16.3. The van der Waals surface area contributed by atoms with E-state index in [2.05, 4.69) is 161 Å². The van der Waals surface area contributed by atoms with E-state index >= 15 is 0 Å². The summed E-state index contributed by atoms with van der Waals surface area (Å²) >= 11 is 0. The third-order valence-electron chi connectivity index (χ3n) is 15.4. The van der Waals surface area contributed by atoms with Crippen LogP contribution in [0.15, 0.2) is 133 Å². The summed E-state index contributed by atoms with van der Waals surface area (Å²) in [6.45, 7) is 11.6. The number of piperidine rings is 2. The fraction of sp³-hybridized carbons (Fsp3) is 0.351. The average molecular weight is 821 g/mol. The lowest BCUT2D eigenvalue weighted by atomic mass is 9.73. The first-order chi connectivity index (χ1) is 30.1. The molecule has 2 atom stereocenters. The summed E-state index contributed by atoms with van der Waals surface area (Å²) in [4.78, 5) is 18.2. The van der Waals surface area contributed by atoms with Gasteiger partial charge in [0, 0.05) is 37.0 Å². The van der Waals surface area contributed by atoms with E-state index in [1.807, 2.05) is 9.80 Å². The molecule has 62 heavy (non-hydrogen) atoms. The third-order valence-corrected chi connectivity index (χ3v) is 15.4. The van der Waals surface area contributed by atoms with Crippen molar-refractivity contribution in [3.05, 3.63) is 167 Å². The first-order valence-corrected chi connectivity index (χ1v) is 23.1. The number of hydrogen-bond donors (Lipinski definition) is 2. The minimum atomic E-state index is -0.560. The fourth-order valence-electron chi connectivity index (χ4n) is 11.8. The predicted octanol–water partition coefficient (Wildman–Crippen LogP) is 12.8. The number of amides is 2. The second kappa shape index (κ2) is 16.0. The first kappa shape index (κ1) is 40.6. The normalized spacial score (nSPS) is 20.0. The van der Waals surface area contributed by atoms with Crippen molar-refractivity contribution < 1.29 is 15.0 Å². The molecule has 2 fully saturated rings. The zero-order valence-corrected chi connectivity index (χ0v) is 36.8. The Labute approximate surface area is 368 Å². The Morgan fingerprint density at radius 1 is 0.484 bits per heavy atom. The first-order valence-electron chi connectivity index (χ1n) is 23.1. The van der Waals surface area contributed by atoms with Crippen LogP contribution >= 0.6 is 0 Å². The molecule has 0 aromatic heterocycles. The van der Waals surface area contributed by atoms with Crippen LogP contribution < -0.4 is 0 Å². The topological polar surface area (TPSA) is 64.0 Å². The molecule has 2 N–H and O–H groups in total. The van der Waals surface area contributed by atoms with Crippen LogP contribution in [0.4, 0.5) is 4.79 Å². The van der Waals surface area contributed by atoms with Crippen molar-refractivity contribution in [2.45, 2.75) is 90.3 Å². The maximum atomic E-state index is 14.1. The molecular weight excluding hydrogens is 761 g/mol. The van der Waals surface area contributed by atoms with Gasteiger partial charge in [-0.15, -0.1) is 0 Å². The van der Waals surface area contributed by atoms with Crippen molar-refractivity contribution in [2.24, 2.45) is 10.8 Å². The molecule has 6 aromatic rings. The van der Waals surface area contributed by atoms with Gasteiger partial charge in [-0.2, -0.15) is 0 Å². The number of rotatable bonds is 6. The van der Waals surface area contributed by atoms with Gasteiger partial charge in [0.25, 0.3) is 0 Å². The molecule has 2 heterocycles. The number of carbonyl (C=O) groups is 1. The second-order valence-electron chi connectivity index (χ2n) is 19.5. The zero-order chi connectivity index (χ0) is 42.8. The maximum Gasteiger partial charge on any atom is 0.319 e. The standard InChI is InChI=1S/C57H60N2O3/c1-37(2)43-13-5-9-17-47(43)49-19-11-7-15-45(49)39-21-23-41-35-56(53(60)51(41)33-39)25-29-58(30-26-56)55(62)59-31-27-57(28-32-59)36-42-24-22-40(34-52(42)54(57)61)46-16-8-12-20-50(46)48-18-10-6-14-44(48)38(3)4/h5-24,33-34,37-38,53-54,60-61H,25-32,35-36H2,1-4H3. The van der Waals surface area contributed by atoms with Crippen molar-refractivity contribution in [3.8, 4) is 44.5 Å². The van der Waals surface area contributed by atoms with Gasteiger partial charge in [0.1, 0.15) is 0 Å². The molecule has 2 aliphatic heterocycles. The van der Waals surface area contributed by atoms with E-state index in [4.69, 9.17) is 0 Å². The SMILES string of the molecule is CC(C)c1ccccc1-c1ccccc1-c1ccc2c(c1)C(O)C1(CCN(C(=O)N3CCC4(CC3)Cc3ccc(-c5ccccc5-c5ccccc5C(C)C)cc3C4O)CC1)C2. The Bertz CT molecular complexity index is 2460. The van der Waals surface area contributed by atoms with Gasteiger partial charge in [0.05, 0.1) is 12.2 Å². The van der Waals surface area contributed by atoms with Crippen molar-refractivity contribution in [2.75, 3.05) is 26.2 Å². The summed E-state index contributed by atoms with van der Waals surface area (Å²) in [5.74, 6) is 0.817. The number of nitrogens with zero attached hydrogens (tertiary/aromatic N) is 2. The zero-order valence-electron chi connectivity index (χ0n) is 36.8. The molecule has 2 unspecified atom stereocenters. The summed E-state index contributed by atoms with van der Waals surface area (Å²) in [5.41, 5.74) is 16.3. The number of hydrogen-bond acceptors (Lipinski definition) is 3. The van der Waals surface area contributed by atoms with Gasteiger partial charge < -0.3 is 20.0 Å². The van der Waals surface area contributed by atoms with Crippen LogP contribution in [0.1, 0.15) is 111 Å². The quantitative estimate of drug-likeness (QED) is 0.176. The number of fused-ring (bicyclic) bond motifs is 2. The smallest absolute Gasteiger partial charge is 0.319 e. The average Bonchev–Trinajstić information content (AvgIpc) is 3.73. The van der Waals surface area contributed by atoms with Gasteiger partial charge in [-0.1, -0.05) is 149 Å². The minimum absolute atomic E-state index is 0.103. The summed E-state index contributed by atoms with van der Waals surface area (Å²) in [7, 11) is 0. The lowest BCUT2D eigenvalue weighted by Gasteiger charge is -2.46. The molecule has 5 nitrogen and oxygen atoms in total. The van der Waals surface area contributed by atoms with Gasteiger partial charge in [0.2, 0.25) is 0 Å². The summed E-state index contributed by atoms with van der Waals surface area (Å²) in [6.07, 6.45) is 3.68. The molecule has 4 aliphatic rings. The van der Waals surface area contributed by atoms with E-state index in [0.717, 1.165) is 60.8 Å². The van der Waals surface area contributed by atoms with Crippen LogP contribution in [0.25, 0.3) is 44.5 Å². The molecule has 6 aromatic carbocycles. The minimum Gasteiger partial charge on any atom is -0.388 e. The maximum absolute atomic E-state index is 14.1. The van der Waals surface area contributed by atoms with Crippen molar-refractivity contribution in [1.29, 1.82) is 0 Å². The molecule has 2 amide bonds. The van der Waals surface area contributed by atoms with E-state index in [9.17, 15) is 15.0 Å². The van der Waals surface area contributed by atoms with Crippen LogP contribution in [-0.4, -0.2) is 52.2 Å². The van der Waals surface area contributed by atoms with E-state index in [0.29, 0.717) is 38.0 Å². The molecule has 10 rings (SSSR count). The largest absolute Gasteiger partial charge is 0.388 e. The Morgan fingerprint density at radius 2 is 0.823 bits per heavy atom. The van der Waals surface area contributed by atoms with Gasteiger partial charge >= 0.3 is 6.03 Å². The monoisotopic (exact) mass is 820 g/mol. The van der Waals surface area contributed by atoms with Crippen LogP contribution in [0.3, 0.4) is 0 Å².